The van der Waals surface area contributed by atoms with Crippen molar-refractivity contribution in [2.45, 2.75) is 12.8 Å². The van der Waals surface area contributed by atoms with E-state index >= 15 is 0 Å². The van der Waals surface area contributed by atoms with Crippen LogP contribution >= 0.6 is 15.9 Å². The fourth-order valence-corrected chi connectivity index (χ4v) is 1.48. The monoisotopic (exact) mass is 280 g/mol. The molecule has 3 N–H and O–H groups in total. The average Bonchev–Trinajstić information content (AvgIpc) is 2.09. The molecule has 0 atom stereocenters. The van der Waals surface area contributed by atoms with Crippen molar-refractivity contribution in [3.63, 3.8) is 0 Å². The lowest BCUT2D eigenvalue weighted by atomic mass is 10.1. The van der Waals surface area contributed by atoms with Crippen LogP contribution in [0.1, 0.15) is 17.7 Å². The maximum absolute atomic E-state index is 12.4. The predicted octanol–water partition coefficient (Wildman–Crippen LogP) is 1.99. The summed E-state index contributed by atoms with van der Waals surface area (Å²) in [5.41, 5.74) is 4.81. The number of aliphatic carboxylic acids is 1. The van der Waals surface area contributed by atoms with Crippen molar-refractivity contribution in [1.29, 1.82) is 0 Å². The first kappa shape index (κ1) is 11.8. The number of hydrogen-bond acceptors (Lipinski definition) is 3. The van der Waals surface area contributed by atoms with Gasteiger partial charge in [0.05, 0.1) is 17.8 Å². The lowest BCUT2D eigenvalue weighted by Crippen LogP contribution is -2.06. The average molecular weight is 281 g/mol. The van der Waals surface area contributed by atoms with Gasteiger partial charge in [-0.05, 0) is 22.0 Å². The van der Waals surface area contributed by atoms with Crippen LogP contribution in [0.15, 0.2) is 10.7 Å². The van der Waals surface area contributed by atoms with Gasteiger partial charge in [0.2, 0.25) is 0 Å². The smallest absolute Gasteiger partial charge is 0.309 e. The molecule has 0 saturated heterocycles. The molecular formula is C8H7BrF2N2O2. The molecule has 82 valence electrons. The van der Waals surface area contributed by atoms with Crippen molar-refractivity contribution in [1.82, 2.24) is 4.98 Å². The van der Waals surface area contributed by atoms with Crippen LogP contribution < -0.4 is 5.73 Å². The molecule has 0 aromatic carbocycles. The summed E-state index contributed by atoms with van der Waals surface area (Å²) in [7, 11) is 0. The van der Waals surface area contributed by atoms with E-state index in [2.05, 4.69) is 20.9 Å². The van der Waals surface area contributed by atoms with Crippen LogP contribution in [0, 0.1) is 0 Å². The van der Waals surface area contributed by atoms with Crippen molar-refractivity contribution in [2.75, 3.05) is 5.73 Å². The van der Waals surface area contributed by atoms with Crippen LogP contribution in [-0.2, 0) is 11.2 Å². The Balaban J connectivity index is 3.17. The second-order valence-corrected chi connectivity index (χ2v) is 3.53. The highest BCUT2D eigenvalue weighted by Gasteiger charge is 2.17. The van der Waals surface area contributed by atoms with E-state index in [1.807, 2.05) is 0 Å². The normalized spacial score (nSPS) is 10.7. The van der Waals surface area contributed by atoms with E-state index in [0.717, 1.165) is 6.07 Å². The van der Waals surface area contributed by atoms with Gasteiger partial charge in [-0.1, -0.05) is 0 Å². The SMILES string of the molecule is Nc1c(C(F)F)cc(CC(=O)O)nc1Br. The maximum Gasteiger partial charge on any atom is 0.309 e. The Morgan fingerprint density at radius 3 is 2.73 bits per heavy atom. The third-order valence-electron chi connectivity index (χ3n) is 1.66. The molecule has 0 fully saturated rings. The van der Waals surface area contributed by atoms with E-state index in [9.17, 15) is 13.6 Å². The number of anilines is 1. The fraction of sp³-hybridized carbons (Fsp3) is 0.250. The Bertz CT molecular complexity index is 398. The summed E-state index contributed by atoms with van der Waals surface area (Å²) in [6, 6.07) is 0.999. The van der Waals surface area contributed by atoms with Gasteiger partial charge in [-0.25, -0.2) is 13.8 Å². The minimum Gasteiger partial charge on any atom is -0.481 e. The Labute approximate surface area is 92.2 Å². The van der Waals surface area contributed by atoms with Gasteiger partial charge in [-0.3, -0.25) is 4.79 Å². The van der Waals surface area contributed by atoms with Crippen LogP contribution in [0.5, 0.6) is 0 Å². The van der Waals surface area contributed by atoms with Gasteiger partial charge in [0.25, 0.3) is 6.43 Å². The number of hydrogen-bond donors (Lipinski definition) is 2. The molecule has 0 bridgehead atoms. The summed E-state index contributed by atoms with van der Waals surface area (Å²) >= 11 is 2.89. The topological polar surface area (TPSA) is 76.2 Å². The Morgan fingerprint density at radius 1 is 1.67 bits per heavy atom. The Morgan fingerprint density at radius 2 is 2.27 bits per heavy atom. The van der Waals surface area contributed by atoms with Gasteiger partial charge >= 0.3 is 5.97 Å². The number of halogens is 3. The zero-order valence-corrected chi connectivity index (χ0v) is 8.96. The summed E-state index contributed by atoms with van der Waals surface area (Å²) in [6.45, 7) is 0. The number of rotatable bonds is 3. The highest BCUT2D eigenvalue weighted by Crippen LogP contribution is 2.30. The fourth-order valence-electron chi connectivity index (χ4n) is 1.02. The summed E-state index contributed by atoms with van der Waals surface area (Å²) in [5.74, 6) is -1.14. The molecule has 4 nitrogen and oxygen atoms in total. The highest BCUT2D eigenvalue weighted by molar-refractivity contribution is 9.10. The number of carboxylic acid groups (broad SMARTS) is 1. The zero-order chi connectivity index (χ0) is 11.6. The van der Waals surface area contributed by atoms with Crippen LogP contribution in [0.25, 0.3) is 0 Å². The van der Waals surface area contributed by atoms with E-state index in [1.54, 1.807) is 0 Å². The molecule has 15 heavy (non-hydrogen) atoms. The molecule has 0 unspecified atom stereocenters. The standard InChI is InChI=1S/C8H7BrF2N2O2/c9-7-6(12)4(8(10)11)1-3(13-7)2-5(14)15/h1,8H,2,12H2,(H,14,15). The Kier molecular flexibility index (Phi) is 3.57. The van der Waals surface area contributed by atoms with Crippen molar-refractivity contribution >= 4 is 27.6 Å². The van der Waals surface area contributed by atoms with E-state index in [1.165, 1.54) is 0 Å². The molecule has 1 aromatic rings. The summed E-state index contributed by atoms with van der Waals surface area (Å²) < 4.78 is 24.9. The van der Waals surface area contributed by atoms with Crippen LogP contribution in [0.4, 0.5) is 14.5 Å². The third-order valence-corrected chi connectivity index (χ3v) is 2.27. The largest absolute Gasteiger partial charge is 0.481 e. The molecule has 0 aliphatic heterocycles. The van der Waals surface area contributed by atoms with Gasteiger partial charge in [-0.2, -0.15) is 0 Å². The van der Waals surface area contributed by atoms with Crippen LogP contribution in [0.3, 0.4) is 0 Å². The van der Waals surface area contributed by atoms with Crippen molar-refractivity contribution in [3.8, 4) is 0 Å². The minimum atomic E-state index is -2.75. The van der Waals surface area contributed by atoms with Gasteiger partial charge in [0.1, 0.15) is 4.60 Å². The maximum atomic E-state index is 12.4. The number of pyridine rings is 1. The molecule has 0 aliphatic carbocycles. The molecular weight excluding hydrogens is 274 g/mol. The number of nitrogens with zero attached hydrogens (tertiary/aromatic N) is 1. The second kappa shape index (κ2) is 4.52. The molecule has 0 radical (unpaired) electrons. The molecule has 0 amide bonds. The molecule has 0 saturated carbocycles. The molecule has 1 rings (SSSR count). The summed E-state index contributed by atoms with van der Waals surface area (Å²) in [4.78, 5) is 14.1. The first-order valence-corrected chi connectivity index (χ1v) is 4.66. The number of nitrogens with two attached hydrogens (primary N) is 1. The van der Waals surface area contributed by atoms with Gasteiger partial charge < -0.3 is 10.8 Å². The lowest BCUT2D eigenvalue weighted by Gasteiger charge is -2.08. The third kappa shape index (κ3) is 2.85. The second-order valence-electron chi connectivity index (χ2n) is 2.78. The number of alkyl halides is 2. The molecule has 0 spiro atoms. The van der Waals surface area contributed by atoms with E-state index < -0.39 is 24.4 Å². The summed E-state index contributed by atoms with van der Waals surface area (Å²) in [5, 5.41) is 8.48. The van der Waals surface area contributed by atoms with Crippen molar-refractivity contribution in [3.05, 3.63) is 21.9 Å². The zero-order valence-electron chi connectivity index (χ0n) is 7.38. The van der Waals surface area contributed by atoms with E-state index in [-0.39, 0.29) is 16.0 Å². The van der Waals surface area contributed by atoms with Crippen molar-refractivity contribution in [2.24, 2.45) is 0 Å². The molecule has 7 heteroatoms. The quantitative estimate of drug-likeness (QED) is 0.831. The predicted molar refractivity (Wildman–Crippen MR) is 52.6 cm³/mol. The minimum absolute atomic E-state index is 0.0385. The van der Waals surface area contributed by atoms with Gasteiger partial charge in [0, 0.05) is 5.56 Å². The highest BCUT2D eigenvalue weighted by atomic mass is 79.9. The van der Waals surface area contributed by atoms with Gasteiger partial charge in [0.15, 0.2) is 0 Å². The number of aromatic nitrogens is 1. The number of carbonyl (C=O) groups is 1. The first-order valence-electron chi connectivity index (χ1n) is 3.86. The number of nitrogen functional groups attached to an aromatic ring is 1. The van der Waals surface area contributed by atoms with Gasteiger partial charge in [-0.15, -0.1) is 0 Å². The lowest BCUT2D eigenvalue weighted by molar-refractivity contribution is -0.136. The van der Waals surface area contributed by atoms with Crippen molar-refractivity contribution < 1.29 is 18.7 Å². The molecule has 1 aromatic heterocycles. The van der Waals surface area contributed by atoms with Crippen LogP contribution in [0.2, 0.25) is 0 Å². The van der Waals surface area contributed by atoms with E-state index in [4.69, 9.17) is 10.8 Å². The van der Waals surface area contributed by atoms with E-state index in [0.29, 0.717) is 0 Å². The first-order chi connectivity index (χ1) is 6.91. The molecule has 0 aliphatic rings. The van der Waals surface area contributed by atoms with Crippen LogP contribution in [-0.4, -0.2) is 16.1 Å². The summed E-state index contributed by atoms with van der Waals surface area (Å²) in [6.07, 6.45) is -3.17. The molecule has 1 heterocycles. The number of carboxylic acids is 1. The Hall–Kier alpha value is -1.24.